The first-order valence-corrected chi connectivity index (χ1v) is 17.6. The summed E-state index contributed by atoms with van der Waals surface area (Å²) >= 11 is 1.90. The van der Waals surface area contributed by atoms with Crippen molar-refractivity contribution < 1.29 is 4.42 Å². The molecule has 10 aromatic rings. The molecule has 0 spiro atoms. The van der Waals surface area contributed by atoms with Gasteiger partial charge in [0, 0.05) is 47.5 Å². The molecule has 0 unspecified atom stereocenters. The maximum atomic E-state index is 6.91. The molecule has 0 saturated carbocycles. The number of fused-ring (bicyclic) bond motifs is 12. The Hall–Kier alpha value is -5.70. The quantitative estimate of drug-likeness (QED) is 0.186. The Morgan fingerprint density at radius 1 is 0.458 bits per heavy atom. The zero-order valence-corrected chi connectivity index (χ0v) is 26.9. The van der Waals surface area contributed by atoms with Crippen LogP contribution in [0.15, 0.2) is 138 Å². The van der Waals surface area contributed by atoms with Crippen LogP contribution in [0.3, 0.4) is 0 Å². The van der Waals surface area contributed by atoms with Crippen molar-refractivity contribution in [2.75, 3.05) is 0 Å². The Bertz CT molecular complexity index is 3110. The molecule has 1 aliphatic carbocycles. The van der Waals surface area contributed by atoms with Gasteiger partial charge >= 0.3 is 0 Å². The Balaban J connectivity index is 1.36. The number of thiophene rings is 1. The average Bonchev–Trinajstić information content (AvgIpc) is 3.73. The van der Waals surface area contributed by atoms with E-state index in [9.17, 15) is 0 Å². The molecule has 224 valence electrons. The van der Waals surface area contributed by atoms with Crippen LogP contribution >= 0.6 is 11.3 Å². The molecule has 2 heteroatoms. The minimum absolute atomic E-state index is 0.929. The van der Waals surface area contributed by atoms with Gasteiger partial charge in [0.15, 0.2) is 0 Å². The summed E-state index contributed by atoms with van der Waals surface area (Å²) in [6.07, 6.45) is 7.00. The Kier molecular flexibility index (Phi) is 5.44. The summed E-state index contributed by atoms with van der Waals surface area (Å²) in [5, 5.41) is 15.3. The molecule has 0 saturated heterocycles. The van der Waals surface area contributed by atoms with Gasteiger partial charge in [0.2, 0.25) is 0 Å². The van der Waals surface area contributed by atoms with Gasteiger partial charge in [0.25, 0.3) is 0 Å². The summed E-state index contributed by atoms with van der Waals surface area (Å²) in [4.78, 5) is 0. The second-order valence-corrected chi connectivity index (χ2v) is 14.0. The molecule has 1 nitrogen and oxygen atoms in total. The van der Waals surface area contributed by atoms with Gasteiger partial charge in [-0.3, -0.25) is 0 Å². The van der Waals surface area contributed by atoms with E-state index >= 15 is 0 Å². The van der Waals surface area contributed by atoms with Crippen molar-refractivity contribution in [1.82, 2.24) is 0 Å². The predicted octanol–water partition coefficient (Wildman–Crippen LogP) is 12.1. The second-order valence-electron chi connectivity index (χ2n) is 13.0. The van der Waals surface area contributed by atoms with E-state index in [1.165, 1.54) is 96.0 Å². The van der Waals surface area contributed by atoms with Crippen LogP contribution in [0, 0.1) is 0 Å². The Labute approximate surface area is 280 Å². The topological polar surface area (TPSA) is 13.1 Å². The van der Waals surface area contributed by atoms with E-state index in [1.807, 2.05) is 11.3 Å². The second kappa shape index (κ2) is 9.90. The molecule has 0 atom stereocenters. The summed E-state index contributed by atoms with van der Waals surface area (Å²) in [5.41, 5.74) is 6.95. The van der Waals surface area contributed by atoms with Gasteiger partial charge in [-0.05, 0) is 79.5 Å². The van der Waals surface area contributed by atoms with Gasteiger partial charge in [0.1, 0.15) is 11.2 Å². The predicted molar refractivity (Wildman–Crippen MR) is 207 cm³/mol. The number of rotatable bonds is 2. The highest BCUT2D eigenvalue weighted by atomic mass is 32.1. The summed E-state index contributed by atoms with van der Waals surface area (Å²) in [6, 6.07) is 49.0. The lowest BCUT2D eigenvalue weighted by molar-refractivity contribution is 0.670. The highest BCUT2D eigenvalue weighted by Crippen LogP contribution is 2.47. The van der Waals surface area contributed by atoms with Crippen LogP contribution in [0.4, 0.5) is 0 Å². The summed E-state index contributed by atoms with van der Waals surface area (Å²) in [5.74, 6) is 0. The Morgan fingerprint density at radius 2 is 1.08 bits per heavy atom. The Morgan fingerprint density at radius 3 is 1.90 bits per heavy atom. The molecule has 0 fully saturated rings. The number of furan rings is 1. The molecule has 48 heavy (non-hydrogen) atoms. The first kappa shape index (κ1) is 26.4. The molecular weight excluding hydrogens is 601 g/mol. The van der Waals surface area contributed by atoms with Gasteiger partial charge < -0.3 is 4.42 Å². The van der Waals surface area contributed by atoms with Crippen LogP contribution < -0.4 is 10.4 Å². The molecular formula is C46H28OS. The van der Waals surface area contributed by atoms with E-state index in [1.54, 1.807) is 0 Å². The van der Waals surface area contributed by atoms with Crippen LogP contribution in [0.5, 0.6) is 0 Å². The molecule has 2 aromatic heterocycles. The fraction of sp³-hybridized carbons (Fsp3) is 0.0435. The summed E-state index contributed by atoms with van der Waals surface area (Å²) in [7, 11) is 0. The third-order valence-electron chi connectivity index (χ3n) is 10.5. The third kappa shape index (κ3) is 3.56. The fourth-order valence-electron chi connectivity index (χ4n) is 8.45. The zero-order chi connectivity index (χ0) is 31.3. The highest BCUT2D eigenvalue weighted by Gasteiger charge is 2.23. The third-order valence-corrected chi connectivity index (χ3v) is 11.7. The van der Waals surface area contributed by atoms with E-state index in [2.05, 4.69) is 146 Å². The van der Waals surface area contributed by atoms with Crippen molar-refractivity contribution in [2.45, 2.75) is 12.8 Å². The van der Waals surface area contributed by atoms with E-state index in [0.29, 0.717) is 0 Å². The molecule has 0 aliphatic heterocycles. The van der Waals surface area contributed by atoms with Crippen molar-refractivity contribution in [3.8, 4) is 22.3 Å². The first-order chi connectivity index (χ1) is 23.8. The van der Waals surface area contributed by atoms with Crippen LogP contribution in [-0.2, 0) is 0 Å². The van der Waals surface area contributed by atoms with Crippen LogP contribution in [-0.4, -0.2) is 0 Å². The minimum atomic E-state index is 0.929. The van der Waals surface area contributed by atoms with Crippen molar-refractivity contribution in [1.29, 1.82) is 0 Å². The summed E-state index contributed by atoms with van der Waals surface area (Å²) < 4.78 is 9.57. The molecule has 2 heterocycles. The zero-order valence-electron chi connectivity index (χ0n) is 26.1. The SMILES string of the molecule is C1=c2c(-c3cccc4ccccc34)c3ccccc3c(-c3cc4c(ccc5c6ccccc6sc54)c4c3oc3ccccc34)c2=CCC1. The molecule has 0 radical (unpaired) electrons. The number of hydrogen-bond acceptors (Lipinski definition) is 2. The van der Waals surface area contributed by atoms with Crippen LogP contribution in [0.2, 0.25) is 0 Å². The largest absolute Gasteiger partial charge is 0.455 e. The fourth-order valence-corrected chi connectivity index (χ4v) is 9.67. The lowest BCUT2D eigenvalue weighted by atomic mass is 9.84. The standard InChI is InChI=1S/C46H28OS/c1-2-14-28-27(12-1)13-11-21-30(28)42-31-16-3-5-18-33(31)43(34-19-6-4-17-32(34)42)39-26-38-35(44-37-20-7-9-22-40(37)47-45(39)44)24-25-36-29-15-8-10-23-41(29)48-46(36)38/h1-3,5,7-26H,4,6H2. The maximum Gasteiger partial charge on any atom is 0.143 e. The minimum Gasteiger partial charge on any atom is -0.455 e. The molecule has 0 amide bonds. The van der Waals surface area contributed by atoms with Crippen molar-refractivity contribution in [2.24, 2.45) is 0 Å². The van der Waals surface area contributed by atoms with Gasteiger partial charge in [0.05, 0.1) is 0 Å². The van der Waals surface area contributed by atoms with E-state index in [-0.39, 0.29) is 0 Å². The van der Waals surface area contributed by atoms with Crippen molar-refractivity contribution in [3.05, 3.63) is 144 Å². The smallest absolute Gasteiger partial charge is 0.143 e. The van der Waals surface area contributed by atoms with Crippen molar-refractivity contribution >= 4 is 97.9 Å². The summed E-state index contributed by atoms with van der Waals surface area (Å²) in [6.45, 7) is 0. The molecule has 1 aliphatic rings. The lowest BCUT2D eigenvalue weighted by Crippen LogP contribution is -2.31. The average molecular weight is 629 g/mol. The lowest BCUT2D eigenvalue weighted by Gasteiger charge is -2.19. The van der Waals surface area contributed by atoms with E-state index in [4.69, 9.17) is 4.42 Å². The molecule has 8 aromatic carbocycles. The van der Waals surface area contributed by atoms with Crippen LogP contribution in [0.25, 0.3) is 109 Å². The van der Waals surface area contributed by atoms with Gasteiger partial charge in [-0.25, -0.2) is 0 Å². The van der Waals surface area contributed by atoms with Gasteiger partial charge in [-0.1, -0.05) is 127 Å². The van der Waals surface area contributed by atoms with E-state index in [0.717, 1.165) is 24.0 Å². The van der Waals surface area contributed by atoms with Gasteiger partial charge in [-0.15, -0.1) is 11.3 Å². The number of para-hydroxylation sites is 1. The highest BCUT2D eigenvalue weighted by molar-refractivity contribution is 7.26. The number of benzene rings is 8. The molecule has 0 bridgehead atoms. The van der Waals surface area contributed by atoms with E-state index < -0.39 is 0 Å². The first-order valence-electron chi connectivity index (χ1n) is 16.8. The van der Waals surface area contributed by atoms with Crippen LogP contribution in [0.1, 0.15) is 12.8 Å². The van der Waals surface area contributed by atoms with Crippen molar-refractivity contribution in [3.63, 3.8) is 0 Å². The molecule has 11 rings (SSSR count). The maximum absolute atomic E-state index is 6.91. The number of hydrogen-bond donors (Lipinski definition) is 0. The monoisotopic (exact) mass is 628 g/mol. The normalized spacial score (nSPS) is 13.2. The van der Waals surface area contributed by atoms with Gasteiger partial charge in [-0.2, -0.15) is 0 Å². The molecule has 0 N–H and O–H groups in total.